The monoisotopic (exact) mass is 246 g/mol. The predicted molar refractivity (Wildman–Crippen MR) is 70.4 cm³/mol. The maximum atomic E-state index is 6.07. The van der Waals surface area contributed by atoms with Crippen molar-refractivity contribution in [3.8, 4) is 0 Å². The Bertz CT molecular complexity index is 417. The van der Waals surface area contributed by atoms with E-state index in [4.69, 9.17) is 14.0 Å². The van der Waals surface area contributed by atoms with Gasteiger partial charge in [0, 0.05) is 19.0 Å². The van der Waals surface area contributed by atoms with Crippen molar-refractivity contribution in [1.29, 1.82) is 0 Å². The second kappa shape index (κ2) is 5.04. The number of benzene rings is 1. The van der Waals surface area contributed by atoms with Gasteiger partial charge in [-0.1, -0.05) is 24.3 Å². The molecule has 0 amide bonds. The molecule has 0 spiro atoms. The van der Waals surface area contributed by atoms with E-state index in [1.165, 1.54) is 11.1 Å². The highest BCUT2D eigenvalue weighted by Crippen LogP contribution is 2.57. The van der Waals surface area contributed by atoms with Crippen molar-refractivity contribution in [3.63, 3.8) is 0 Å². The van der Waals surface area contributed by atoms with E-state index in [0.717, 1.165) is 6.42 Å². The Morgan fingerprint density at radius 3 is 2.50 bits per heavy atom. The highest BCUT2D eigenvalue weighted by molar-refractivity contribution is 6.46. The summed E-state index contributed by atoms with van der Waals surface area (Å²) in [6.45, 7) is 5.38. The van der Waals surface area contributed by atoms with Crippen LogP contribution in [0.3, 0.4) is 0 Å². The van der Waals surface area contributed by atoms with Gasteiger partial charge in [0.15, 0.2) is 0 Å². The molecule has 4 heteroatoms. The second-order valence-electron chi connectivity index (χ2n) is 4.85. The van der Waals surface area contributed by atoms with E-state index in [0.29, 0.717) is 19.0 Å². The standard InChI is InChI=1S/C14H19BO3/c1-3-16-15(17-4-2)12-9-13-10-7-5-6-8-11(10)14(12)18-13/h5-8,12-14H,3-4,9H2,1-2H3/t12-,13+,14+/m0/s1. The molecule has 3 atom stereocenters. The number of rotatable bonds is 5. The van der Waals surface area contributed by atoms with Crippen LogP contribution in [0.15, 0.2) is 24.3 Å². The van der Waals surface area contributed by atoms with Crippen LogP contribution in [-0.2, 0) is 14.0 Å². The first-order valence-electron chi connectivity index (χ1n) is 6.82. The van der Waals surface area contributed by atoms with Gasteiger partial charge in [-0.05, 0) is 31.4 Å². The number of ether oxygens (including phenoxy) is 1. The Labute approximate surface area is 109 Å². The van der Waals surface area contributed by atoms with Crippen LogP contribution >= 0.6 is 0 Å². The smallest absolute Gasteiger partial charge is 0.411 e. The van der Waals surface area contributed by atoms with E-state index in [-0.39, 0.29) is 19.3 Å². The lowest BCUT2D eigenvalue weighted by atomic mass is 9.63. The summed E-state index contributed by atoms with van der Waals surface area (Å²) in [7, 11) is -0.136. The van der Waals surface area contributed by atoms with Gasteiger partial charge in [-0.15, -0.1) is 0 Å². The first kappa shape index (κ1) is 12.2. The SMILES string of the molecule is CCOB(OCC)[C@H]1C[C@H]2O[C@@H]1c1ccccc12. The molecule has 0 aliphatic carbocycles. The van der Waals surface area contributed by atoms with Crippen LogP contribution in [0.2, 0.25) is 5.82 Å². The van der Waals surface area contributed by atoms with Crippen LogP contribution < -0.4 is 0 Å². The summed E-state index contributed by atoms with van der Waals surface area (Å²) in [5, 5.41) is 0. The van der Waals surface area contributed by atoms with Gasteiger partial charge in [0.2, 0.25) is 0 Å². The lowest BCUT2D eigenvalue weighted by Crippen LogP contribution is -2.31. The van der Waals surface area contributed by atoms with Crippen molar-refractivity contribution in [1.82, 2.24) is 0 Å². The molecule has 3 nitrogen and oxygen atoms in total. The Morgan fingerprint density at radius 1 is 1.17 bits per heavy atom. The van der Waals surface area contributed by atoms with Gasteiger partial charge in [0.1, 0.15) is 0 Å². The third-order valence-corrected chi connectivity index (χ3v) is 3.85. The molecule has 1 aromatic rings. The summed E-state index contributed by atoms with van der Waals surface area (Å²) < 4.78 is 17.5. The molecule has 2 aliphatic rings. The third kappa shape index (κ3) is 1.89. The molecule has 96 valence electrons. The van der Waals surface area contributed by atoms with Gasteiger partial charge in [0.25, 0.3) is 0 Å². The fraction of sp³-hybridized carbons (Fsp3) is 0.571. The summed E-state index contributed by atoms with van der Waals surface area (Å²) in [5.74, 6) is 0.324. The zero-order chi connectivity index (χ0) is 12.5. The minimum Gasteiger partial charge on any atom is -0.411 e. The normalized spacial score (nSPS) is 28.4. The molecular formula is C14H19BO3. The number of hydrogen-bond donors (Lipinski definition) is 0. The first-order chi connectivity index (χ1) is 8.85. The summed E-state index contributed by atoms with van der Waals surface area (Å²) >= 11 is 0. The molecule has 2 heterocycles. The lowest BCUT2D eigenvalue weighted by molar-refractivity contribution is 0.0675. The van der Waals surface area contributed by atoms with Gasteiger partial charge >= 0.3 is 7.12 Å². The Balaban J connectivity index is 1.82. The minimum absolute atomic E-state index is 0.136. The molecule has 1 fully saturated rings. The summed E-state index contributed by atoms with van der Waals surface area (Å²) in [5.41, 5.74) is 2.67. The van der Waals surface area contributed by atoms with Crippen LogP contribution in [0.1, 0.15) is 43.6 Å². The fourth-order valence-corrected chi connectivity index (χ4v) is 3.15. The maximum Gasteiger partial charge on any atom is 0.463 e. The van der Waals surface area contributed by atoms with Crippen molar-refractivity contribution >= 4 is 7.12 Å². The Morgan fingerprint density at radius 2 is 1.83 bits per heavy atom. The second-order valence-corrected chi connectivity index (χ2v) is 4.85. The molecule has 0 N–H and O–H groups in total. The van der Waals surface area contributed by atoms with E-state index in [1.54, 1.807) is 0 Å². The molecule has 0 radical (unpaired) electrons. The minimum atomic E-state index is -0.136. The first-order valence-corrected chi connectivity index (χ1v) is 6.82. The van der Waals surface area contributed by atoms with E-state index >= 15 is 0 Å². The van der Waals surface area contributed by atoms with Crippen molar-refractivity contribution in [2.45, 2.75) is 38.3 Å². The van der Waals surface area contributed by atoms with Crippen molar-refractivity contribution < 1.29 is 14.0 Å². The van der Waals surface area contributed by atoms with Crippen molar-refractivity contribution in [2.75, 3.05) is 13.2 Å². The average molecular weight is 246 g/mol. The summed E-state index contributed by atoms with van der Waals surface area (Å²) in [6.07, 6.45) is 1.39. The molecule has 3 rings (SSSR count). The molecule has 0 saturated carbocycles. The zero-order valence-corrected chi connectivity index (χ0v) is 11.0. The van der Waals surface area contributed by atoms with Gasteiger partial charge in [0.05, 0.1) is 12.2 Å². The van der Waals surface area contributed by atoms with E-state index in [1.807, 2.05) is 13.8 Å². The summed E-state index contributed by atoms with van der Waals surface area (Å²) in [6, 6.07) is 8.50. The van der Waals surface area contributed by atoms with E-state index in [9.17, 15) is 0 Å². The molecular weight excluding hydrogens is 227 g/mol. The molecule has 0 unspecified atom stereocenters. The third-order valence-electron chi connectivity index (χ3n) is 3.85. The van der Waals surface area contributed by atoms with Gasteiger partial charge in [-0.25, -0.2) is 0 Å². The zero-order valence-electron chi connectivity index (χ0n) is 11.0. The molecule has 1 aromatic carbocycles. The largest absolute Gasteiger partial charge is 0.463 e. The van der Waals surface area contributed by atoms with Gasteiger partial charge in [-0.2, -0.15) is 0 Å². The average Bonchev–Trinajstić information content (AvgIpc) is 2.97. The van der Waals surface area contributed by atoms with Crippen molar-refractivity contribution in [2.24, 2.45) is 0 Å². The van der Waals surface area contributed by atoms with E-state index in [2.05, 4.69) is 24.3 Å². The summed E-state index contributed by atoms with van der Waals surface area (Å²) in [4.78, 5) is 0. The molecule has 2 bridgehead atoms. The maximum absolute atomic E-state index is 6.07. The van der Waals surface area contributed by atoms with E-state index < -0.39 is 0 Å². The van der Waals surface area contributed by atoms with Crippen molar-refractivity contribution in [3.05, 3.63) is 35.4 Å². The van der Waals surface area contributed by atoms with Crippen LogP contribution in [0.4, 0.5) is 0 Å². The Hall–Kier alpha value is -0.835. The highest BCUT2D eigenvalue weighted by Gasteiger charge is 2.51. The van der Waals surface area contributed by atoms with Gasteiger partial charge in [-0.3, -0.25) is 0 Å². The predicted octanol–water partition coefficient (Wildman–Crippen LogP) is 3.13. The highest BCUT2D eigenvalue weighted by atomic mass is 16.6. The Kier molecular flexibility index (Phi) is 3.42. The van der Waals surface area contributed by atoms with Gasteiger partial charge < -0.3 is 14.0 Å². The molecule has 2 aliphatic heterocycles. The van der Waals surface area contributed by atoms with Crippen LogP contribution in [-0.4, -0.2) is 20.3 Å². The van der Waals surface area contributed by atoms with Crippen LogP contribution in [0.5, 0.6) is 0 Å². The van der Waals surface area contributed by atoms with Crippen LogP contribution in [0.25, 0.3) is 0 Å². The number of fused-ring (bicyclic) bond motifs is 5. The topological polar surface area (TPSA) is 27.7 Å². The number of hydrogen-bond acceptors (Lipinski definition) is 3. The fourth-order valence-electron chi connectivity index (χ4n) is 3.15. The quantitative estimate of drug-likeness (QED) is 0.747. The molecule has 1 saturated heterocycles. The lowest BCUT2D eigenvalue weighted by Gasteiger charge is -2.25. The molecule has 0 aromatic heterocycles. The van der Waals surface area contributed by atoms with Crippen LogP contribution in [0, 0.1) is 0 Å². The molecule has 18 heavy (non-hydrogen) atoms.